The van der Waals surface area contributed by atoms with Gasteiger partial charge in [0.15, 0.2) is 5.82 Å². The zero-order valence-corrected chi connectivity index (χ0v) is 11.0. The average molecular weight is 251 g/mol. The van der Waals surface area contributed by atoms with E-state index in [0.29, 0.717) is 12.0 Å². The zero-order valence-electron chi connectivity index (χ0n) is 11.0. The van der Waals surface area contributed by atoms with Gasteiger partial charge in [0.05, 0.1) is 13.2 Å². The van der Waals surface area contributed by atoms with Crippen LogP contribution in [0.5, 0.6) is 0 Å². The minimum absolute atomic E-state index is 0.333. The highest BCUT2D eigenvalue weighted by Gasteiger charge is 2.25. The Morgan fingerprint density at radius 1 is 1.28 bits per heavy atom. The highest BCUT2D eigenvalue weighted by atomic mass is 16.5. The molecule has 1 atom stereocenters. The topological polar surface area (TPSA) is 51.4 Å². The third-order valence-corrected chi connectivity index (χ3v) is 4.11. The van der Waals surface area contributed by atoms with E-state index in [1.807, 2.05) is 0 Å². The molecule has 3 rings (SSSR count). The molecule has 0 N–H and O–H groups in total. The molecule has 1 saturated heterocycles. The monoisotopic (exact) mass is 251 g/mol. The first-order valence-electron chi connectivity index (χ1n) is 6.93. The molecule has 1 aliphatic carbocycles. The van der Waals surface area contributed by atoms with E-state index in [9.17, 15) is 0 Å². The van der Waals surface area contributed by atoms with Gasteiger partial charge in [0.1, 0.15) is 0 Å². The van der Waals surface area contributed by atoms with Crippen molar-refractivity contribution in [3.8, 4) is 0 Å². The molecular formula is C13H21N3O2. The first-order chi connectivity index (χ1) is 8.83. The summed E-state index contributed by atoms with van der Waals surface area (Å²) in [6.45, 7) is 2.32. The first kappa shape index (κ1) is 12.1. The van der Waals surface area contributed by atoms with E-state index in [1.54, 1.807) is 0 Å². The Bertz CT molecular complexity index is 381. The van der Waals surface area contributed by atoms with Crippen molar-refractivity contribution in [3.63, 3.8) is 0 Å². The van der Waals surface area contributed by atoms with Crippen molar-refractivity contribution in [3.05, 3.63) is 11.7 Å². The molecule has 1 aliphatic heterocycles. The Balaban J connectivity index is 1.58. The van der Waals surface area contributed by atoms with E-state index in [0.717, 1.165) is 37.9 Å². The number of aromatic nitrogens is 2. The molecule has 1 aromatic heterocycles. The van der Waals surface area contributed by atoms with E-state index in [-0.39, 0.29) is 0 Å². The first-order valence-corrected chi connectivity index (χ1v) is 6.93. The fourth-order valence-electron chi connectivity index (χ4n) is 2.92. The van der Waals surface area contributed by atoms with Gasteiger partial charge in [-0.2, -0.15) is 4.98 Å². The van der Waals surface area contributed by atoms with Crippen molar-refractivity contribution in [2.45, 2.75) is 50.6 Å². The maximum atomic E-state index is 5.35. The highest BCUT2D eigenvalue weighted by Crippen LogP contribution is 2.25. The van der Waals surface area contributed by atoms with Gasteiger partial charge < -0.3 is 9.26 Å². The summed E-state index contributed by atoms with van der Waals surface area (Å²) in [4.78, 5) is 6.85. The van der Waals surface area contributed by atoms with E-state index < -0.39 is 0 Å². The maximum absolute atomic E-state index is 5.35. The predicted octanol–water partition coefficient (Wildman–Crippen LogP) is 1.95. The minimum atomic E-state index is 0.333. The Morgan fingerprint density at radius 2 is 2.11 bits per heavy atom. The van der Waals surface area contributed by atoms with Crippen LogP contribution in [0.4, 0.5) is 0 Å². The SMILES string of the molecule is CN(Cc1nc(C2CCOC2)no1)C1CCCC1. The third-order valence-electron chi connectivity index (χ3n) is 4.11. The van der Waals surface area contributed by atoms with Gasteiger partial charge in [-0.15, -0.1) is 0 Å². The Labute approximate surface area is 107 Å². The van der Waals surface area contributed by atoms with Crippen molar-refractivity contribution in [2.75, 3.05) is 20.3 Å². The summed E-state index contributed by atoms with van der Waals surface area (Å²) in [5.74, 6) is 1.90. The minimum Gasteiger partial charge on any atom is -0.381 e. The molecule has 2 heterocycles. The molecule has 0 amide bonds. The number of hydrogen-bond acceptors (Lipinski definition) is 5. The van der Waals surface area contributed by atoms with Crippen LogP contribution < -0.4 is 0 Å². The van der Waals surface area contributed by atoms with Gasteiger partial charge in [0, 0.05) is 18.6 Å². The molecular weight excluding hydrogens is 230 g/mol. The second-order valence-corrected chi connectivity index (χ2v) is 5.46. The van der Waals surface area contributed by atoms with Crippen molar-refractivity contribution >= 4 is 0 Å². The quantitative estimate of drug-likeness (QED) is 0.818. The second-order valence-electron chi connectivity index (χ2n) is 5.46. The van der Waals surface area contributed by atoms with E-state index in [4.69, 9.17) is 9.26 Å². The van der Waals surface area contributed by atoms with Gasteiger partial charge in [0.2, 0.25) is 5.89 Å². The molecule has 1 saturated carbocycles. The van der Waals surface area contributed by atoms with Gasteiger partial charge >= 0.3 is 0 Å². The van der Waals surface area contributed by atoms with Crippen LogP contribution in [-0.2, 0) is 11.3 Å². The average Bonchev–Trinajstić information content (AvgIpc) is 3.12. The summed E-state index contributed by atoms with van der Waals surface area (Å²) in [5, 5.41) is 4.09. The van der Waals surface area contributed by atoms with Crippen molar-refractivity contribution in [2.24, 2.45) is 0 Å². The third kappa shape index (κ3) is 2.57. The van der Waals surface area contributed by atoms with Gasteiger partial charge in [-0.05, 0) is 26.3 Å². The highest BCUT2D eigenvalue weighted by molar-refractivity contribution is 4.97. The summed E-state index contributed by atoms with van der Waals surface area (Å²) >= 11 is 0. The maximum Gasteiger partial charge on any atom is 0.240 e. The van der Waals surface area contributed by atoms with Crippen LogP contribution in [-0.4, -0.2) is 41.3 Å². The lowest BCUT2D eigenvalue weighted by molar-refractivity contribution is 0.192. The summed E-state index contributed by atoms with van der Waals surface area (Å²) in [7, 11) is 2.15. The smallest absolute Gasteiger partial charge is 0.240 e. The summed E-state index contributed by atoms with van der Waals surface area (Å²) in [6, 6.07) is 0.690. The molecule has 1 aromatic rings. The Morgan fingerprint density at radius 3 is 2.83 bits per heavy atom. The molecule has 1 unspecified atom stereocenters. The standard InChI is InChI=1S/C13H21N3O2/c1-16(11-4-2-3-5-11)8-12-14-13(15-18-12)10-6-7-17-9-10/h10-11H,2-9H2,1H3. The molecule has 18 heavy (non-hydrogen) atoms. The van der Waals surface area contributed by atoms with Crippen molar-refractivity contribution < 1.29 is 9.26 Å². The zero-order chi connectivity index (χ0) is 12.4. The fourth-order valence-corrected chi connectivity index (χ4v) is 2.92. The Hall–Kier alpha value is -0.940. The molecule has 5 nitrogen and oxygen atoms in total. The van der Waals surface area contributed by atoms with E-state index in [2.05, 4.69) is 22.1 Å². The number of hydrogen-bond donors (Lipinski definition) is 0. The molecule has 0 spiro atoms. The molecule has 0 aromatic carbocycles. The molecule has 100 valence electrons. The largest absolute Gasteiger partial charge is 0.381 e. The fraction of sp³-hybridized carbons (Fsp3) is 0.846. The van der Waals surface area contributed by atoms with Gasteiger partial charge in [-0.1, -0.05) is 18.0 Å². The normalized spacial score (nSPS) is 25.3. The van der Waals surface area contributed by atoms with Crippen LogP contribution in [0.15, 0.2) is 4.52 Å². The molecule has 5 heteroatoms. The van der Waals surface area contributed by atoms with Gasteiger partial charge in [0.25, 0.3) is 0 Å². The number of rotatable bonds is 4. The summed E-state index contributed by atoms with van der Waals surface area (Å²) in [6.07, 6.45) is 6.31. The van der Waals surface area contributed by atoms with Gasteiger partial charge in [-0.25, -0.2) is 0 Å². The number of nitrogens with zero attached hydrogens (tertiary/aromatic N) is 3. The number of ether oxygens (including phenoxy) is 1. The lowest BCUT2D eigenvalue weighted by Gasteiger charge is -2.21. The lowest BCUT2D eigenvalue weighted by Crippen LogP contribution is -2.28. The van der Waals surface area contributed by atoms with Crippen molar-refractivity contribution in [1.82, 2.24) is 15.0 Å². The summed E-state index contributed by atoms with van der Waals surface area (Å²) in [5.41, 5.74) is 0. The molecule has 0 bridgehead atoms. The predicted molar refractivity (Wildman–Crippen MR) is 66.2 cm³/mol. The lowest BCUT2D eigenvalue weighted by atomic mass is 10.1. The summed E-state index contributed by atoms with van der Waals surface area (Å²) < 4.78 is 10.7. The van der Waals surface area contributed by atoms with Crippen molar-refractivity contribution in [1.29, 1.82) is 0 Å². The molecule has 2 fully saturated rings. The second kappa shape index (κ2) is 5.36. The van der Waals surface area contributed by atoms with Crippen LogP contribution in [0, 0.1) is 0 Å². The van der Waals surface area contributed by atoms with Gasteiger partial charge in [-0.3, -0.25) is 4.90 Å². The van der Waals surface area contributed by atoms with Crippen LogP contribution in [0.25, 0.3) is 0 Å². The van der Waals surface area contributed by atoms with Crippen LogP contribution in [0.1, 0.15) is 49.7 Å². The van der Waals surface area contributed by atoms with Crippen LogP contribution in [0.3, 0.4) is 0 Å². The van der Waals surface area contributed by atoms with E-state index in [1.165, 1.54) is 25.7 Å². The molecule has 0 radical (unpaired) electrons. The molecule has 2 aliphatic rings. The van der Waals surface area contributed by atoms with Crippen LogP contribution in [0.2, 0.25) is 0 Å². The van der Waals surface area contributed by atoms with E-state index >= 15 is 0 Å². The Kier molecular flexibility index (Phi) is 3.61. The van der Waals surface area contributed by atoms with Crippen LogP contribution >= 0.6 is 0 Å².